The minimum Gasteiger partial charge on any atom is -0.469 e. The summed E-state index contributed by atoms with van der Waals surface area (Å²) in [7, 11) is 1.17. The number of nitrogens with two attached hydrogens (primary N) is 1. The molecule has 6 heteroatoms. The molecular formula is C13H16F3NO2. The Bertz CT molecular complexity index is 469. The molecule has 0 radical (unpaired) electrons. The molecule has 0 heterocycles. The highest BCUT2D eigenvalue weighted by Crippen LogP contribution is 2.39. The normalized spacial score (nSPS) is 14.1. The first-order valence-electron chi connectivity index (χ1n) is 5.62. The molecule has 0 unspecified atom stereocenters. The summed E-state index contributed by atoms with van der Waals surface area (Å²) in [4.78, 5) is 11.6. The van der Waals surface area contributed by atoms with E-state index in [9.17, 15) is 18.0 Å². The highest BCUT2D eigenvalue weighted by atomic mass is 19.4. The van der Waals surface area contributed by atoms with E-state index >= 15 is 0 Å². The van der Waals surface area contributed by atoms with Crippen LogP contribution < -0.4 is 5.73 Å². The number of halogens is 3. The Hall–Kier alpha value is -1.56. The largest absolute Gasteiger partial charge is 0.469 e. The third-order valence-electron chi connectivity index (χ3n) is 3.09. The van der Waals surface area contributed by atoms with Crippen molar-refractivity contribution in [3.05, 3.63) is 35.4 Å². The van der Waals surface area contributed by atoms with Crippen LogP contribution in [0.5, 0.6) is 0 Å². The Balaban J connectivity index is 3.28. The molecule has 3 nitrogen and oxygen atoms in total. The minimum absolute atomic E-state index is 0.120. The maximum atomic E-state index is 12.9. The summed E-state index contributed by atoms with van der Waals surface area (Å²) in [6.07, 6.45) is -4.51. The van der Waals surface area contributed by atoms with Gasteiger partial charge in [0.2, 0.25) is 0 Å². The van der Waals surface area contributed by atoms with Crippen LogP contribution in [0.3, 0.4) is 0 Å². The van der Waals surface area contributed by atoms with E-state index in [-0.39, 0.29) is 5.56 Å². The molecule has 2 N–H and O–H groups in total. The molecule has 0 saturated heterocycles. The number of methoxy groups -OCH3 is 1. The van der Waals surface area contributed by atoms with Crippen LogP contribution in [-0.2, 0) is 15.7 Å². The molecule has 0 spiro atoms. The van der Waals surface area contributed by atoms with E-state index in [0.29, 0.717) is 0 Å². The maximum absolute atomic E-state index is 12.9. The molecule has 0 aliphatic heterocycles. The van der Waals surface area contributed by atoms with E-state index in [2.05, 4.69) is 4.74 Å². The van der Waals surface area contributed by atoms with E-state index in [0.717, 1.165) is 6.07 Å². The second kappa shape index (κ2) is 5.21. The van der Waals surface area contributed by atoms with Gasteiger partial charge >= 0.3 is 12.1 Å². The Morgan fingerprint density at radius 3 is 2.26 bits per heavy atom. The summed E-state index contributed by atoms with van der Waals surface area (Å²) in [6, 6.07) is 3.85. The summed E-state index contributed by atoms with van der Waals surface area (Å²) in [6.45, 7) is 2.91. The molecule has 106 valence electrons. The number of hydrogen-bond acceptors (Lipinski definition) is 3. The molecule has 0 saturated carbocycles. The van der Waals surface area contributed by atoms with E-state index in [1.165, 1.54) is 39.2 Å². The van der Waals surface area contributed by atoms with Crippen molar-refractivity contribution >= 4 is 5.97 Å². The van der Waals surface area contributed by atoms with Gasteiger partial charge in [0.05, 0.1) is 18.1 Å². The standard InChI is InChI=1S/C13H16F3NO2/c1-12(2,11(18)19-3)10(17)8-6-4-5-7-9(8)13(14,15)16/h4-7,10H,17H2,1-3H3/t10-/m1/s1. The number of benzene rings is 1. The monoisotopic (exact) mass is 275 g/mol. The number of alkyl halides is 3. The summed E-state index contributed by atoms with van der Waals surface area (Å²) >= 11 is 0. The SMILES string of the molecule is COC(=O)C(C)(C)[C@H](N)c1ccccc1C(F)(F)F. The zero-order chi connectivity index (χ0) is 14.8. The lowest BCUT2D eigenvalue weighted by molar-refractivity contribution is -0.153. The smallest absolute Gasteiger partial charge is 0.416 e. The summed E-state index contributed by atoms with van der Waals surface area (Å²) < 4.78 is 43.3. The number of hydrogen-bond donors (Lipinski definition) is 1. The zero-order valence-corrected chi connectivity index (χ0v) is 10.9. The van der Waals surface area contributed by atoms with Crippen LogP contribution in [0.4, 0.5) is 13.2 Å². The lowest BCUT2D eigenvalue weighted by atomic mass is 9.79. The summed E-state index contributed by atoms with van der Waals surface area (Å²) in [5, 5.41) is 0. The van der Waals surface area contributed by atoms with Crippen molar-refractivity contribution in [2.75, 3.05) is 7.11 Å². The topological polar surface area (TPSA) is 52.3 Å². The number of carbonyl (C=O) groups is 1. The second-order valence-corrected chi connectivity index (χ2v) is 4.78. The molecule has 19 heavy (non-hydrogen) atoms. The van der Waals surface area contributed by atoms with Crippen LogP contribution in [0.15, 0.2) is 24.3 Å². The van der Waals surface area contributed by atoms with Crippen molar-refractivity contribution in [1.29, 1.82) is 0 Å². The van der Waals surface area contributed by atoms with Gasteiger partial charge < -0.3 is 10.5 Å². The molecular weight excluding hydrogens is 259 g/mol. The minimum atomic E-state index is -4.51. The van der Waals surface area contributed by atoms with Crippen LogP contribution >= 0.6 is 0 Å². The fourth-order valence-corrected chi connectivity index (χ4v) is 1.81. The molecule has 0 bridgehead atoms. The van der Waals surface area contributed by atoms with Gasteiger partial charge in [0.15, 0.2) is 0 Å². The predicted octanol–water partition coefficient (Wildman–Crippen LogP) is 2.90. The molecule has 1 atom stereocenters. The van der Waals surface area contributed by atoms with Gasteiger partial charge in [-0.25, -0.2) is 0 Å². The molecule has 0 aliphatic rings. The van der Waals surface area contributed by atoms with Crippen molar-refractivity contribution < 1.29 is 22.7 Å². The van der Waals surface area contributed by atoms with Crippen LogP contribution in [0.2, 0.25) is 0 Å². The number of carbonyl (C=O) groups excluding carboxylic acids is 1. The lowest BCUT2D eigenvalue weighted by Crippen LogP contribution is -2.38. The third-order valence-corrected chi connectivity index (χ3v) is 3.09. The Morgan fingerprint density at radius 1 is 1.26 bits per heavy atom. The van der Waals surface area contributed by atoms with Gasteiger partial charge in [-0.3, -0.25) is 4.79 Å². The molecule has 0 aromatic heterocycles. The second-order valence-electron chi connectivity index (χ2n) is 4.78. The molecule has 1 rings (SSSR count). The van der Waals surface area contributed by atoms with Gasteiger partial charge in [-0.05, 0) is 25.5 Å². The van der Waals surface area contributed by atoms with Gasteiger partial charge in [0.25, 0.3) is 0 Å². The van der Waals surface area contributed by atoms with Crippen LogP contribution in [-0.4, -0.2) is 13.1 Å². The molecule has 0 amide bonds. The van der Waals surface area contributed by atoms with Crippen molar-refractivity contribution in [2.24, 2.45) is 11.1 Å². The van der Waals surface area contributed by atoms with Gasteiger partial charge in [0.1, 0.15) is 0 Å². The lowest BCUT2D eigenvalue weighted by Gasteiger charge is -2.30. The van der Waals surface area contributed by atoms with Crippen LogP contribution in [0.25, 0.3) is 0 Å². The Labute approximate surface area is 109 Å². The van der Waals surface area contributed by atoms with Crippen molar-refractivity contribution in [1.82, 2.24) is 0 Å². The molecule has 0 fully saturated rings. The van der Waals surface area contributed by atoms with E-state index in [4.69, 9.17) is 5.73 Å². The fourth-order valence-electron chi connectivity index (χ4n) is 1.81. The van der Waals surface area contributed by atoms with E-state index in [1.54, 1.807) is 0 Å². The van der Waals surface area contributed by atoms with Crippen LogP contribution in [0, 0.1) is 5.41 Å². The first-order chi connectivity index (χ1) is 8.62. The summed E-state index contributed by atoms with van der Waals surface area (Å²) in [5.41, 5.74) is 3.64. The molecule has 1 aromatic carbocycles. The van der Waals surface area contributed by atoms with Gasteiger partial charge in [0, 0.05) is 6.04 Å². The van der Waals surface area contributed by atoms with Gasteiger partial charge in [-0.2, -0.15) is 13.2 Å². The third kappa shape index (κ3) is 3.07. The first kappa shape index (κ1) is 15.5. The van der Waals surface area contributed by atoms with Crippen molar-refractivity contribution in [3.8, 4) is 0 Å². The fraction of sp³-hybridized carbons (Fsp3) is 0.462. The highest BCUT2D eigenvalue weighted by molar-refractivity contribution is 5.77. The first-order valence-corrected chi connectivity index (χ1v) is 5.62. The average Bonchev–Trinajstić information content (AvgIpc) is 2.35. The maximum Gasteiger partial charge on any atom is 0.416 e. The van der Waals surface area contributed by atoms with Crippen molar-refractivity contribution in [2.45, 2.75) is 26.1 Å². The van der Waals surface area contributed by atoms with Gasteiger partial charge in [-0.1, -0.05) is 18.2 Å². The van der Waals surface area contributed by atoms with E-state index in [1.807, 2.05) is 0 Å². The highest BCUT2D eigenvalue weighted by Gasteiger charge is 2.41. The molecule has 0 aliphatic carbocycles. The van der Waals surface area contributed by atoms with Gasteiger partial charge in [-0.15, -0.1) is 0 Å². The van der Waals surface area contributed by atoms with Crippen molar-refractivity contribution in [3.63, 3.8) is 0 Å². The predicted molar refractivity (Wildman–Crippen MR) is 64.2 cm³/mol. The number of rotatable bonds is 3. The zero-order valence-electron chi connectivity index (χ0n) is 10.9. The Kier molecular flexibility index (Phi) is 4.25. The summed E-state index contributed by atoms with van der Waals surface area (Å²) in [5.74, 6) is -0.656. The van der Waals surface area contributed by atoms with E-state index < -0.39 is 29.2 Å². The average molecular weight is 275 g/mol. The quantitative estimate of drug-likeness (QED) is 0.863. The Morgan fingerprint density at radius 2 is 1.79 bits per heavy atom. The number of ether oxygens (including phenoxy) is 1. The number of esters is 1. The molecule has 1 aromatic rings. The van der Waals surface area contributed by atoms with Crippen LogP contribution in [0.1, 0.15) is 31.0 Å².